The number of hydrogen-bond acceptors (Lipinski definition) is 3. The molecule has 5 heteroatoms. The zero-order valence-electron chi connectivity index (χ0n) is 10.9. The van der Waals surface area contributed by atoms with Gasteiger partial charge in [0.15, 0.2) is 6.10 Å². The lowest BCUT2D eigenvalue weighted by Gasteiger charge is -2.23. The molecule has 0 bridgehead atoms. The van der Waals surface area contributed by atoms with Crippen molar-refractivity contribution in [2.24, 2.45) is 11.8 Å². The summed E-state index contributed by atoms with van der Waals surface area (Å²) in [6.45, 7) is 3.76. The van der Waals surface area contributed by atoms with Gasteiger partial charge in [-0.15, -0.1) is 0 Å². The molecule has 0 unspecified atom stereocenters. The van der Waals surface area contributed by atoms with Crippen molar-refractivity contribution >= 4 is 23.2 Å². The van der Waals surface area contributed by atoms with Crippen LogP contribution >= 0.6 is 0 Å². The fourth-order valence-corrected chi connectivity index (χ4v) is 2.21. The van der Waals surface area contributed by atoms with Crippen LogP contribution in [0.3, 0.4) is 0 Å². The van der Waals surface area contributed by atoms with Crippen molar-refractivity contribution < 1.29 is 14.3 Å². The number of ether oxygens (including phenoxy) is 1. The Labute approximate surface area is 111 Å². The molecular weight excluding hydrogens is 244 g/mol. The molecule has 100 valence electrons. The minimum absolute atomic E-state index is 0.0453. The van der Waals surface area contributed by atoms with Crippen LogP contribution in [0.25, 0.3) is 0 Å². The molecular formula is C14H16N2O3. The highest BCUT2D eigenvalue weighted by Gasteiger charge is 2.39. The number of anilines is 2. The average Bonchev–Trinajstić information content (AvgIpc) is 3.08. The molecule has 1 heterocycles. The maximum Gasteiger partial charge on any atom is 0.265 e. The van der Waals surface area contributed by atoms with Gasteiger partial charge in [-0.05, 0) is 37.5 Å². The Kier molecular flexibility index (Phi) is 2.69. The van der Waals surface area contributed by atoms with Crippen molar-refractivity contribution in [2.75, 3.05) is 10.6 Å². The molecule has 1 saturated carbocycles. The van der Waals surface area contributed by atoms with E-state index < -0.39 is 6.10 Å². The maximum atomic E-state index is 11.8. The molecule has 0 aromatic heterocycles. The fraction of sp³-hybridized carbons (Fsp3) is 0.429. The first-order valence-electron chi connectivity index (χ1n) is 6.47. The Morgan fingerprint density at radius 3 is 2.84 bits per heavy atom. The minimum atomic E-state index is -0.486. The predicted molar refractivity (Wildman–Crippen MR) is 71.1 cm³/mol. The van der Waals surface area contributed by atoms with Gasteiger partial charge in [-0.25, -0.2) is 0 Å². The van der Waals surface area contributed by atoms with Gasteiger partial charge in [0, 0.05) is 11.6 Å². The Hall–Kier alpha value is -2.04. The lowest BCUT2D eigenvalue weighted by Crippen LogP contribution is -2.34. The average molecular weight is 260 g/mol. The second-order valence-electron chi connectivity index (χ2n) is 5.27. The summed E-state index contributed by atoms with van der Waals surface area (Å²) in [6, 6.07) is 5.27. The van der Waals surface area contributed by atoms with E-state index in [0.717, 1.165) is 6.42 Å². The third-order valence-corrected chi connectivity index (χ3v) is 3.62. The molecule has 1 aromatic carbocycles. The number of nitrogens with one attached hydrogen (secondary N) is 2. The van der Waals surface area contributed by atoms with Crippen LogP contribution in [0.15, 0.2) is 18.2 Å². The first kappa shape index (κ1) is 12.0. The van der Waals surface area contributed by atoms with Gasteiger partial charge in [-0.1, -0.05) is 6.92 Å². The van der Waals surface area contributed by atoms with Gasteiger partial charge >= 0.3 is 0 Å². The lowest BCUT2D eigenvalue weighted by molar-refractivity contribution is -0.122. The van der Waals surface area contributed by atoms with Crippen LogP contribution in [0.1, 0.15) is 20.3 Å². The number of hydrogen-bond donors (Lipinski definition) is 2. The Morgan fingerprint density at radius 2 is 2.16 bits per heavy atom. The third-order valence-electron chi connectivity index (χ3n) is 3.62. The molecule has 1 aliphatic carbocycles. The largest absolute Gasteiger partial charge is 0.479 e. The fourth-order valence-electron chi connectivity index (χ4n) is 2.21. The van der Waals surface area contributed by atoms with Crippen LogP contribution < -0.4 is 15.4 Å². The number of rotatable bonds is 2. The van der Waals surface area contributed by atoms with E-state index >= 15 is 0 Å². The molecule has 3 atom stereocenters. The van der Waals surface area contributed by atoms with Gasteiger partial charge < -0.3 is 15.4 Å². The summed E-state index contributed by atoms with van der Waals surface area (Å²) in [5, 5.41) is 5.63. The summed E-state index contributed by atoms with van der Waals surface area (Å²) < 4.78 is 5.46. The van der Waals surface area contributed by atoms with Crippen LogP contribution in [-0.2, 0) is 9.59 Å². The molecule has 1 fully saturated rings. The predicted octanol–water partition coefficient (Wildman–Crippen LogP) is 2.00. The first-order valence-corrected chi connectivity index (χ1v) is 6.47. The highest BCUT2D eigenvalue weighted by atomic mass is 16.5. The van der Waals surface area contributed by atoms with Crippen LogP contribution in [0.5, 0.6) is 5.75 Å². The minimum Gasteiger partial charge on any atom is -0.479 e. The number of amides is 2. The summed E-state index contributed by atoms with van der Waals surface area (Å²) in [5.74, 6) is 1.10. The molecule has 1 aliphatic heterocycles. The second kappa shape index (κ2) is 4.26. The van der Waals surface area contributed by atoms with Gasteiger partial charge in [0.25, 0.3) is 5.91 Å². The Morgan fingerprint density at radius 1 is 1.42 bits per heavy atom. The van der Waals surface area contributed by atoms with Gasteiger partial charge in [0.05, 0.1) is 5.69 Å². The van der Waals surface area contributed by atoms with Gasteiger partial charge in [0.2, 0.25) is 5.91 Å². The van der Waals surface area contributed by atoms with E-state index in [4.69, 9.17) is 4.74 Å². The van der Waals surface area contributed by atoms with Gasteiger partial charge in [-0.3, -0.25) is 9.59 Å². The van der Waals surface area contributed by atoms with Crippen LogP contribution in [0.4, 0.5) is 11.4 Å². The highest BCUT2D eigenvalue weighted by Crippen LogP contribution is 2.39. The lowest BCUT2D eigenvalue weighted by atomic mass is 10.2. The second-order valence-corrected chi connectivity index (χ2v) is 5.27. The monoisotopic (exact) mass is 260 g/mol. The van der Waals surface area contributed by atoms with E-state index in [2.05, 4.69) is 17.6 Å². The topological polar surface area (TPSA) is 67.4 Å². The summed E-state index contributed by atoms with van der Waals surface area (Å²) in [7, 11) is 0. The number of carbonyl (C=O) groups is 2. The normalized spacial score (nSPS) is 27.9. The molecule has 3 rings (SSSR count). The van der Waals surface area contributed by atoms with Crippen LogP contribution in [0, 0.1) is 11.8 Å². The molecule has 2 N–H and O–H groups in total. The standard InChI is InChI=1S/C14H16N2O3/c1-7-5-10(7)14(18)15-9-3-4-12-11(6-9)16-13(17)8(2)19-12/h3-4,6-8,10H,5H2,1-2H3,(H,15,18)(H,16,17)/t7-,8-,10+/m0/s1. The smallest absolute Gasteiger partial charge is 0.265 e. The molecule has 19 heavy (non-hydrogen) atoms. The van der Waals surface area contributed by atoms with Gasteiger partial charge in [-0.2, -0.15) is 0 Å². The zero-order chi connectivity index (χ0) is 13.6. The highest BCUT2D eigenvalue weighted by molar-refractivity contribution is 5.99. The Balaban J connectivity index is 1.76. The van der Waals surface area contributed by atoms with Crippen molar-refractivity contribution in [2.45, 2.75) is 26.4 Å². The molecule has 0 radical (unpaired) electrons. The van der Waals surface area contributed by atoms with Crippen molar-refractivity contribution in [1.82, 2.24) is 0 Å². The summed E-state index contributed by atoms with van der Waals surface area (Å²) in [5.41, 5.74) is 1.28. The zero-order valence-corrected chi connectivity index (χ0v) is 10.9. The molecule has 2 aliphatic rings. The van der Waals surface area contributed by atoms with E-state index in [1.54, 1.807) is 25.1 Å². The van der Waals surface area contributed by atoms with Gasteiger partial charge in [0.1, 0.15) is 5.75 Å². The third kappa shape index (κ3) is 2.28. The quantitative estimate of drug-likeness (QED) is 0.854. The van der Waals surface area contributed by atoms with E-state index in [1.807, 2.05) is 0 Å². The summed E-state index contributed by atoms with van der Waals surface area (Å²) >= 11 is 0. The van der Waals surface area contributed by atoms with Crippen LogP contribution in [0.2, 0.25) is 0 Å². The van der Waals surface area contributed by atoms with Crippen molar-refractivity contribution in [3.63, 3.8) is 0 Å². The van der Waals surface area contributed by atoms with E-state index in [0.29, 0.717) is 23.0 Å². The first-order chi connectivity index (χ1) is 9.04. The molecule has 0 saturated heterocycles. The van der Waals surface area contributed by atoms with Crippen molar-refractivity contribution in [1.29, 1.82) is 0 Å². The van der Waals surface area contributed by atoms with Crippen LogP contribution in [-0.4, -0.2) is 17.9 Å². The number of fused-ring (bicyclic) bond motifs is 1. The number of benzene rings is 1. The van der Waals surface area contributed by atoms with Crippen molar-refractivity contribution in [3.8, 4) is 5.75 Å². The Bertz CT molecular complexity index is 556. The summed E-state index contributed by atoms with van der Waals surface area (Å²) in [6.07, 6.45) is 0.467. The summed E-state index contributed by atoms with van der Waals surface area (Å²) in [4.78, 5) is 23.4. The SMILES string of the molecule is C[C@@H]1Oc2ccc(NC(=O)[C@@H]3C[C@@H]3C)cc2NC1=O. The van der Waals surface area contributed by atoms with E-state index in [-0.39, 0.29) is 17.7 Å². The van der Waals surface area contributed by atoms with Crippen molar-refractivity contribution in [3.05, 3.63) is 18.2 Å². The maximum absolute atomic E-state index is 11.8. The van der Waals surface area contributed by atoms with E-state index in [9.17, 15) is 9.59 Å². The molecule has 0 spiro atoms. The molecule has 1 aromatic rings. The molecule has 5 nitrogen and oxygen atoms in total. The number of carbonyl (C=O) groups excluding carboxylic acids is 2. The molecule has 2 amide bonds. The van der Waals surface area contributed by atoms with E-state index in [1.165, 1.54) is 0 Å².